The number of rotatable bonds is 3. The molecule has 3 N–H and O–H groups in total. The zero-order chi connectivity index (χ0) is 13.3. The Bertz CT molecular complexity index is 399. The molecule has 1 rings (SSSR count). The van der Waals surface area contributed by atoms with Crippen LogP contribution in [0.2, 0.25) is 0 Å². The lowest BCUT2D eigenvalue weighted by Crippen LogP contribution is -2.36. The lowest BCUT2D eigenvalue weighted by atomic mass is 9.82. The van der Waals surface area contributed by atoms with Crippen molar-refractivity contribution >= 4 is 0 Å². The maximum Gasteiger partial charge on any atom is 0.416 e. The van der Waals surface area contributed by atoms with Gasteiger partial charge in [0.15, 0.2) is 0 Å². The van der Waals surface area contributed by atoms with Gasteiger partial charge < -0.3 is 10.8 Å². The van der Waals surface area contributed by atoms with Gasteiger partial charge in [-0.05, 0) is 17.7 Å². The second-order valence-electron chi connectivity index (χ2n) is 4.12. The molecule has 17 heavy (non-hydrogen) atoms. The lowest BCUT2D eigenvalue weighted by molar-refractivity contribution is -0.137. The molecule has 0 heterocycles. The van der Waals surface area contributed by atoms with E-state index in [1.54, 1.807) is 0 Å². The summed E-state index contributed by atoms with van der Waals surface area (Å²) >= 11 is 0. The fourth-order valence-corrected chi connectivity index (χ4v) is 1.44. The van der Waals surface area contributed by atoms with Crippen LogP contribution < -0.4 is 5.73 Å². The average Bonchev–Trinajstić information content (AvgIpc) is 2.26. The SMILES string of the molecule is CC(CN)(CO)c1ccc(C(F)(F)F)cc1F. The Kier molecular flexibility index (Phi) is 3.78. The molecule has 1 aromatic carbocycles. The van der Waals surface area contributed by atoms with Crippen molar-refractivity contribution in [2.24, 2.45) is 5.73 Å². The van der Waals surface area contributed by atoms with Gasteiger partial charge in [0.25, 0.3) is 0 Å². The van der Waals surface area contributed by atoms with Crippen LogP contribution in [0.3, 0.4) is 0 Å². The minimum Gasteiger partial charge on any atom is -0.395 e. The molecule has 0 aromatic heterocycles. The third kappa shape index (κ3) is 2.76. The lowest BCUT2D eigenvalue weighted by Gasteiger charge is -2.26. The van der Waals surface area contributed by atoms with Crippen LogP contribution in [-0.2, 0) is 11.6 Å². The Hall–Kier alpha value is -1.14. The normalized spacial score (nSPS) is 15.7. The van der Waals surface area contributed by atoms with Crippen LogP contribution >= 0.6 is 0 Å². The molecule has 1 aromatic rings. The van der Waals surface area contributed by atoms with Crippen molar-refractivity contribution in [3.63, 3.8) is 0 Å². The standard InChI is InChI=1S/C11H13F4NO/c1-10(5-16,6-17)8-3-2-7(4-9(8)12)11(13,14)15/h2-4,17H,5-6,16H2,1H3. The summed E-state index contributed by atoms with van der Waals surface area (Å²) < 4.78 is 50.5. The number of hydrogen-bond acceptors (Lipinski definition) is 2. The monoisotopic (exact) mass is 251 g/mol. The second-order valence-corrected chi connectivity index (χ2v) is 4.12. The van der Waals surface area contributed by atoms with Gasteiger partial charge in [0, 0.05) is 12.0 Å². The van der Waals surface area contributed by atoms with Gasteiger partial charge >= 0.3 is 6.18 Å². The zero-order valence-electron chi connectivity index (χ0n) is 9.18. The van der Waals surface area contributed by atoms with Crippen LogP contribution in [0, 0.1) is 5.82 Å². The topological polar surface area (TPSA) is 46.2 Å². The number of hydrogen-bond donors (Lipinski definition) is 2. The van der Waals surface area contributed by atoms with E-state index in [2.05, 4.69) is 0 Å². The van der Waals surface area contributed by atoms with Gasteiger partial charge in [0.05, 0.1) is 12.2 Å². The molecule has 0 saturated heterocycles. The number of halogens is 4. The summed E-state index contributed by atoms with van der Waals surface area (Å²) in [7, 11) is 0. The summed E-state index contributed by atoms with van der Waals surface area (Å²) in [6, 6.07) is 2.21. The molecule has 96 valence electrons. The molecule has 1 unspecified atom stereocenters. The average molecular weight is 251 g/mol. The molecule has 1 atom stereocenters. The molecule has 0 amide bonds. The first kappa shape index (κ1) is 13.9. The Morgan fingerprint density at radius 2 is 1.88 bits per heavy atom. The predicted octanol–water partition coefficient (Wildman–Crippen LogP) is 2.05. The molecule has 0 bridgehead atoms. The second kappa shape index (κ2) is 4.62. The number of nitrogens with two attached hydrogens (primary N) is 1. The third-order valence-electron chi connectivity index (χ3n) is 2.75. The van der Waals surface area contributed by atoms with Crippen LogP contribution in [0.1, 0.15) is 18.1 Å². The zero-order valence-corrected chi connectivity index (χ0v) is 9.18. The van der Waals surface area contributed by atoms with E-state index in [1.807, 2.05) is 0 Å². The Labute approximate surface area is 96.1 Å². The highest BCUT2D eigenvalue weighted by atomic mass is 19.4. The predicted molar refractivity (Wildman–Crippen MR) is 54.9 cm³/mol. The maximum absolute atomic E-state index is 13.6. The molecule has 0 radical (unpaired) electrons. The molecular weight excluding hydrogens is 238 g/mol. The Balaban J connectivity index is 3.23. The van der Waals surface area contributed by atoms with Crippen LogP contribution in [0.15, 0.2) is 18.2 Å². The first-order chi connectivity index (χ1) is 7.74. The van der Waals surface area contributed by atoms with Crippen LogP contribution in [-0.4, -0.2) is 18.3 Å². The number of alkyl halides is 3. The van der Waals surface area contributed by atoms with E-state index in [9.17, 15) is 17.6 Å². The van der Waals surface area contributed by atoms with Gasteiger partial charge in [0.2, 0.25) is 0 Å². The van der Waals surface area contributed by atoms with Crippen molar-refractivity contribution in [3.8, 4) is 0 Å². The van der Waals surface area contributed by atoms with Gasteiger partial charge in [-0.25, -0.2) is 4.39 Å². The van der Waals surface area contributed by atoms with Crippen LogP contribution in [0.4, 0.5) is 17.6 Å². The molecule has 0 aliphatic heterocycles. The van der Waals surface area contributed by atoms with E-state index < -0.39 is 29.6 Å². The number of aliphatic hydroxyl groups excluding tert-OH is 1. The summed E-state index contributed by atoms with van der Waals surface area (Å²) in [6.45, 7) is 0.982. The smallest absolute Gasteiger partial charge is 0.395 e. The third-order valence-corrected chi connectivity index (χ3v) is 2.75. The Morgan fingerprint density at radius 1 is 1.29 bits per heavy atom. The van der Waals surface area contributed by atoms with E-state index in [1.165, 1.54) is 6.92 Å². The summed E-state index contributed by atoms with van der Waals surface area (Å²) in [6.07, 6.45) is -4.59. The van der Waals surface area contributed by atoms with Gasteiger partial charge in [-0.15, -0.1) is 0 Å². The molecule has 0 saturated carbocycles. The Morgan fingerprint density at radius 3 is 2.24 bits per heavy atom. The fourth-order valence-electron chi connectivity index (χ4n) is 1.44. The van der Waals surface area contributed by atoms with Gasteiger partial charge in [-0.2, -0.15) is 13.2 Å². The highest BCUT2D eigenvalue weighted by Gasteiger charge is 2.33. The quantitative estimate of drug-likeness (QED) is 0.808. The van der Waals surface area contributed by atoms with E-state index in [0.29, 0.717) is 6.07 Å². The van der Waals surface area contributed by atoms with Crippen molar-refractivity contribution in [1.29, 1.82) is 0 Å². The highest BCUT2D eigenvalue weighted by Crippen LogP contribution is 2.33. The molecular formula is C11H13F4NO. The van der Waals surface area contributed by atoms with Crippen LogP contribution in [0.25, 0.3) is 0 Å². The van der Waals surface area contributed by atoms with Crippen molar-refractivity contribution in [3.05, 3.63) is 35.1 Å². The van der Waals surface area contributed by atoms with Crippen molar-refractivity contribution < 1.29 is 22.7 Å². The summed E-state index contributed by atoms with van der Waals surface area (Å²) in [5, 5.41) is 9.12. The molecule has 0 fully saturated rings. The van der Waals surface area contributed by atoms with Crippen molar-refractivity contribution in [2.75, 3.05) is 13.2 Å². The maximum atomic E-state index is 13.6. The van der Waals surface area contributed by atoms with Gasteiger partial charge in [-0.3, -0.25) is 0 Å². The highest BCUT2D eigenvalue weighted by molar-refractivity contribution is 5.32. The summed E-state index contributed by atoms with van der Waals surface area (Å²) in [5.41, 5.74) is 3.24. The molecule has 0 aliphatic carbocycles. The molecule has 0 spiro atoms. The molecule has 2 nitrogen and oxygen atoms in total. The van der Waals surface area contributed by atoms with E-state index in [4.69, 9.17) is 10.8 Å². The minimum absolute atomic E-state index is 0.0181. The van der Waals surface area contributed by atoms with E-state index in [-0.39, 0.29) is 12.1 Å². The minimum atomic E-state index is -4.59. The largest absolute Gasteiger partial charge is 0.416 e. The molecule has 0 aliphatic rings. The number of benzene rings is 1. The fraction of sp³-hybridized carbons (Fsp3) is 0.455. The first-order valence-corrected chi connectivity index (χ1v) is 4.93. The van der Waals surface area contributed by atoms with E-state index in [0.717, 1.165) is 12.1 Å². The summed E-state index contributed by atoms with van der Waals surface area (Å²) in [5.74, 6) is -1.01. The van der Waals surface area contributed by atoms with Crippen molar-refractivity contribution in [1.82, 2.24) is 0 Å². The van der Waals surface area contributed by atoms with Gasteiger partial charge in [-0.1, -0.05) is 13.0 Å². The summed E-state index contributed by atoms with van der Waals surface area (Å²) in [4.78, 5) is 0. The van der Waals surface area contributed by atoms with Crippen LogP contribution in [0.5, 0.6) is 0 Å². The van der Waals surface area contributed by atoms with E-state index >= 15 is 0 Å². The van der Waals surface area contributed by atoms with Gasteiger partial charge in [0.1, 0.15) is 5.82 Å². The molecule has 6 heteroatoms. The number of aliphatic hydroxyl groups is 1. The van der Waals surface area contributed by atoms with Crippen molar-refractivity contribution in [2.45, 2.75) is 18.5 Å². The first-order valence-electron chi connectivity index (χ1n) is 4.93.